The number of nitro groups is 1. The van der Waals surface area contributed by atoms with E-state index >= 15 is 0 Å². The molecule has 0 N–H and O–H groups in total. The Hall–Kier alpha value is -1.95. The Labute approximate surface area is 110 Å². The first-order chi connectivity index (χ1) is 9.08. The molecule has 1 aromatic rings. The second-order valence-corrected chi connectivity index (χ2v) is 4.44. The molecule has 1 aliphatic rings. The highest BCUT2D eigenvalue weighted by atomic mass is 16.6. The van der Waals surface area contributed by atoms with Gasteiger partial charge >= 0.3 is 0 Å². The maximum absolute atomic E-state index is 11.3. The van der Waals surface area contributed by atoms with Crippen LogP contribution in [0.1, 0.15) is 30.1 Å². The molecule has 19 heavy (non-hydrogen) atoms. The summed E-state index contributed by atoms with van der Waals surface area (Å²) in [6.07, 6.45) is 2.00. The van der Waals surface area contributed by atoms with Crippen molar-refractivity contribution >= 4 is 11.5 Å². The van der Waals surface area contributed by atoms with Crippen molar-refractivity contribution < 1.29 is 19.2 Å². The molecule has 1 heterocycles. The lowest BCUT2D eigenvalue weighted by Crippen LogP contribution is -2.16. The fourth-order valence-electron chi connectivity index (χ4n) is 2.01. The quantitative estimate of drug-likeness (QED) is 0.464. The maximum Gasteiger partial charge on any atom is 0.283 e. The van der Waals surface area contributed by atoms with Gasteiger partial charge in [0, 0.05) is 6.61 Å². The molecule has 0 aromatic heterocycles. The molecule has 6 heteroatoms. The predicted molar refractivity (Wildman–Crippen MR) is 67.6 cm³/mol. The van der Waals surface area contributed by atoms with Gasteiger partial charge in [-0.2, -0.15) is 0 Å². The van der Waals surface area contributed by atoms with Gasteiger partial charge in [-0.1, -0.05) is 0 Å². The second kappa shape index (κ2) is 5.79. The van der Waals surface area contributed by atoms with Gasteiger partial charge < -0.3 is 9.47 Å². The number of benzene rings is 1. The summed E-state index contributed by atoms with van der Waals surface area (Å²) in [7, 11) is 0. The molecule has 0 bridgehead atoms. The van der Waals surface area contributed by atoms with Crippen LogP contribution in [-0.4, -0.2) is 30.0 Å². The molecule has 2 rings (SSSR count). The first-order valence-electron chi connectivity index (χ1n) is 6.11. The lowest BCUT2D eigenvalue weighted by molar-refractivity contribution is -0.385. The summed E-state index contributed by atoms with van der Waals surface area (Å²) in [4.78, 5) is 21.6. The molecule has 0 amide bonds. The van der Waals surface area contributed by atoms with Gasteiger partial charge in [0.1, 0.15) is 12.4 Å². The van der Waals surface area contributed by atoms with E-state index in [-0.39, 0.29) is 23.1 Å². The Morgan fingerprint density at radius 3 is 2.95 bits per heavy atom. The second-order valence-electron chi connectivity index (χ2n) is 4.44. The number of Topliss-reactive ketones (excluding diaryl/α,β-unsaturated/α-hetero) is 1. The van der Waals surface area contributed by atoms with Gasteiger partial charge in [0.25, 0.3) is 5.69 Å². The number of hydrogen-bond donors (Lipinski definition) is 0. The van der Waals surface area contributed by atoms with Crippen LogP contribution in [-0.2, 0) is 4.74 Å². The Morgan fingerprint density at radius 1 is 1.58 bits per heavy atom. The fraction of sp³-hybridized carbons (Fsp3) is 0.462. The predicted octanol–water partition coefficient (Wildman–Crippen LogP) is 2.36. The average molecular weight is 265 g/mol. The van der Waals surface area contributed by atoms with Crippen molar-refractivity contribution in [3.63, 3.8) is 0 Å². The smallest absolute Gasteiger partial charge is 0.283 e. The van der Waals surface area contributed by atoms with Crippen LogP contribution in [0.3, 0.4) is 0 Å². The van der Waals surface area contributed by atoms with Gasteiger partial charge in [0.05, 0.1) is 22.7 Å². The molecule has 1 aromatic carbocycles. The van der Waals surface area contributed by atoms with Crippen molar-refractivity contribution in [2.45, 2.75) is 25.9 Å². The Kier molecular flexibility index (Phi) is 4.11. The first kappa shape index (κ1) is 13.5. The number of ether oxygens (including phenoxy) is 2. The summed E-state index contributed by atoms with van der Waals surface area (Å²) in [5, 5.41) is 10.9. The van der Waals surface area contributed by atoms with Crippen LogP contribution in [0, 0.1) is 10.1 Å². The molecule has 0 saturated carbocycles. The van der Waals surface area contributed by atoms with E-state index in [1.807, 2.05) is 0 Å². The van der Waals surface area contributed by atoms with Gasteiger partial charge in [-0.05, 0) is 31.9 Å². The molecule has 1 saturated heterocycles. The van der Waals surface area contributed by atoms with Crippen LogP contribution in [0.4, 0.5) is 5.69 Å². The molecular weight excluding hydrogens is 250 g/mol. The van der Waals surface area contributed by atoms with Gasteiger partial charge in [-0.3, -0.25) is 14.9 Å². The minimum atomic E-state index is -0.574. The highest BCUT2D eigenvalue weighted by Crippen LogP contribution is 2.25. The summed E-state index contributed by atoms with van der Waals surface area (Å²) in [5.41, 5.74) is -0.133. The van der Waals surface area contributed by atoms with E-state index < -0.39 is 4.92 Å². The van der Waals surface area contributed by atoms with E-state index in [4.69, 9.17) is 9.47 Å². The third kappa shape index (κ3) is 3.29. The van der Waals surface area contributed by atoms with Crippen molar-refractivity contribution in [1.29, 1.82) is 0 Å². The van der Waals surface area contributed by atoms with E-state index in [0.29, 0.717) is 12.4 Å². The molecule has 1 aliphatic heterocycles. The van der Waals surface area contributed by atoms with Crippen molar-refractivity contribution in [1.82, 2.24) is 0 Å². The number of ketones is 1. The number of hydrogen-bond acceptors (Lipinski definition) is 5. The van der Waals surface area contributed by atoms with Crippen LogP contribution in [0.2, 0.25) is 0 Å². The van der Waals surface area contributed by atoms with Gasteiger partial charge in [-0.15, -0.1) is 0 Å². The van der Waals surface area contributed by atoms with Gasteiger partial charge in [0.2, 0.25) is 0 Å². The van der Waals surface area contributed by atoms with Crippen molar-refractivity contribution in [2.24, 2.45) is 0 Å². The topological polar surface area (TPSA) is 78.7 Å². The molecule has 1 fully saturated rings. The first-order valence-corrected chi connectivity index (χ1v) is 6.11. The van der Waals surface area contributed by atoms with Crippen molar-refractivity contribution in [3.05, 3.63) is 33.9 Å². The summed E-state index contributed by atoms with van der Waals surface area (Å²) in [6, 6.07) is 4.27. The maximum atomic E-state index is 11.3. The monoisotopic (exact) mass is 265 g/mol. The van der Waals surface area contributed by atoms with Crippen LogP contribution in [0.5, 0.6) is 5.75 Å². The Bertz CT molecular complexity index is 494. The third-order valence-corrected chi connectivity index (χ3v) is 3.01. The third-order valence-electron chi connectivity index (χ3n) is 3.01. The molecule has 1 unspecified atom stereocenters. The minimum Gasteiger partial charge on any atom is -0.491 e. The van der Waals surface area contributed by atoms with E-state index in [9.17, 15) is 14.9 Å². The number of nitrogens with zero attached hydrogens (tertiary/aromatic N) is 1. The van der Waals surface area contributed by atoms with Crippen molar-refractivity contribution in [3.8, 4) is 5.75 Å². The lowest BCUT2D eigenvalue weighted by atomic mass is 10.1. The fourth-order valence-corrected chi connectivity index (χ4v) is 2.01. The number of rotatable bonds is 5. The van der Waals surface area contributed by atoms with E-state index in [1.165, 1.54) is 19.1 Å². The molecule has 102 valence electrons. The van der Waals surface area contributed by atoms with Crippen molar-refractivity contribution in [2.75, 3.05) is 13.2 Å². The zero-order valence-corrected chi connectivity index (χ0v) is 10.6. The van der Waals surface area contributed by atoms with Crippen LogP contribution in [0.25, 0.3) is 0 Å². The highest BCUT2D eigenvalue weighted by molar-refractivity contribution is 5.98. The molecule has 6 nitrogen and oxygen atoms in total. The van der Waals surface area contributed by atoms with Gasteiger partial charge in [0.15, 0.2) is 5.78 Å². The standard InChI is InChI=1S/C13H15NO5/c1-9(15)12-5-4-10(7-13(12)14(16)17)19-8-11-3-2-6-18-11/h4-5,7,11H,2-3,6,8H2,1H3. The van der Waals surface area contributed by atoms with E-state index in [2.05, 4.69) is 0 Å². The molecular formula is C13H15NO5. The van der Waals surface area contributed by atoms with Gasteiger partial charge in [-0.25, -0.2) is 0 Å². The molecule has 0 aliphatic carbocycles. The number of carbonyl (C=O) groups excluding carboxylic acids is 1. The Morgan fingerprint density at radius 2 is 2.37 bits per heavy atom. The zero-order valence-electron chi connectivity index (χ0n) is 10.6. The summed E-state index contributed by atoms with van der Waals surface area (Å²) < 4.78 is 10.9. The molecule has 0 radical (unpaired) electrons. The van der Waals surface area contributed by atoms with E-state index in [0.717, 1.165) is 19.4 Å². The lowest BCUT2D eigenvalue weighted by Gasteiger charge is -2.11. The normalized spacial score (nSPS) is 18.3. The molecule has 1 atom stereocenters. The van der Waals surface area contributed by atoms with Crippen LogP contribution >= 0.6 is 0 Å². The number of carbonyl (C=O) groups is 1. The average Bonchev–Trinajstić information content (AvgIpc) is 2.88. The molecule has 0 spiro atoms. The zero-order chi connectivity index (χ0) is 13.8. The summed E-state index contributed by atoms with van der Waals surface area (Å²) in [6.45, 7) is 2.41. The SMILES string of the molecule is CC(=O)c1ccc(OCC2CCCO2)cc1[N+](=O)[O-]. The van der Waals surface area contributed by atoms with Crippen LogP contribution < -0.4 is 4.74 Å². The summed E-state index contributed by atoms with van der Waals surface area (Å²) in [5.74, 6) is 0.0459. The van der Waals surface area contributed by atoms with E-state index in [1.54, 1.807) is 6.07 Å². The largest absolute Gasteiger partial charge is 0.491 e. The summed E-state index contributed by atoms with van der Waals surface area (Å²) >= 11 is 0. The highest BCUT2D eigenvalue weighted by Gasteiger charge is 2.20. The Balaban J connectivity index is 2.11. The minimum absolute atomic E-state index is 0.0477. The number of nitro benzene ring substituents is 1. The van der Waals surface area contributed by atoms with Crippen LogP contribution in [0.15, 0.2) is 18.2 Å².